The molecule has 144 valence electrons. The van der Waals surface area contributed by atoms with Crippen LogP contribution in [-0.2, 0) is 11.3 Å². The summed E-state index contributed by atoms with van der Waals surface area (Å²) in [5, 5.41) is 14.7. The highest BCUT2D eigenvalue weighted by Gasteiger charge is 2.30. The Balaban J connectivity index is 1.36. The van der Waals surface area contributed by atoms with E-state index >= 15 is 0 Å². The number of nitrogens with zero attached hydrogens (tertiary/aromatic N) is 4. The molecule has 1 amide bonds. The number of thiazole rings is 1. The number of thioether (sulfide) groups is 1. The van der Waals surface area contributed by atoms with Crippen molar-refractivity contribution in [3.05, 3.63) is 52.6 Å². The summed E-state index contributed by atoms with van der Waals surface area (Å²) in [4.78, 5) is 16.9. The van der Waals surface area contributed by atoms with Crippen molar-refractivity contribution in [1.82, 2.24) is 19.7 Å². The number of anilines is 1. The van der Waals surface area contributed by atoms with Crippen LogP contribution in [0.4, 0.5) is 5.13 Å². The first-order valence-corrected chi connectivity index (χ1v) is 11.5. The fourth-order valence-corrected chi connectivity index (χ4v) is 4.48. The van der Waals surface area contributed by atoms with Gasteiger partial charge in [0, 0.05) is 27.9 Å². The van der Waals surface area contributed by atoms with Crippen molar-refractivity contribution in [1.29, 1.82) is 0 Å². The maximum atomic E-state index is 12.3. The lowest BCUT2D eigenvalue weighted by Crippen LogP contribution is -2.14. The molecule has 1 N–H and O–H groups in total. The topological polar surface area (TPSA) is 72.7 Å². The van der Waals surface area contributed by atoms with Gasteiger partial charge in [-0.05, 0) is 25.0 Å². The van der Waals surface area contributed by atoms with Crippen molar-refractivity contribution >= 4 is 50.1 Å². The molecule has 2 heterocycles. The highest BCUT2D eigenvalue weighted by molar-refractivity contribution is 9.10. The number of amides is 1. The maximum absolute atomic E-state index is 12.3. The Hall–Kier alpha value is -1.97. The lowest BCUT2D eigenvalue weighted by atomic mass is 10.2. The van der Waals surface area contributed by atoms with Crippen molar-refractivity contribution in [3.8, 4) is 11.3 Å². The van der Waals surface area contributed by atoms with Gasteiger partial charge in [-0.2, -0.15) is 0 Å². The molecule has 9 heteroatoms. The highest BCUT2D eigenvalue weighted by atomic mass is 79.9. The number of nitrogens with one attached hydrogen (secondary N) is 1. The Morgan fingerprint density at radius 3 is 2.86 bits per heavy atom. The van der Waals surface area contributed by atoms with Crippen molar-refractivity contribution in [3.63, 3.8) is 0 Å². The summed E-state index contributed by atoms with van der Waals surface area (Å²) in [7, 11) is 0. The van der Waals surface area contributed by atoms with Crippen LogP contribution in [0.1, 0.15) is 24.6 Å². The van der Waals surface area contributed by atoms with Gasteiger partial charge in [0.15, 0.2) is 10.3 Å². The van der Waals surface area contributed by atoms with Crippen LogP contribution in [0.25, 0.3) is 11.3 Å². The number of rotatable bonds is 8. The minimum absolute atomic E-state index is 0.108. The van der Waals surface area contributed by atoms with Crippen LogP contribution in [0.5, 0.6) is 0 Å². The van der Waals surface area contributed by atoms with Crippen molar-refractivity contribution < 1.29 is 4.79 Å². The number of halogens is 1. The molecule has 0 aliphatic heterocycles. The Morgan fingerprint density at radius 1 is 1.36 bits per heavy atom. The summed E-state index contributed by atoms with van der Waals surface area (Å²) < 4.78 is 3.07. The van der Waals surface area contributed by atoms with Crippen LogP contribution >= 0.6 is 39.0 Å². The summed E-state index contributed by atoms with van der Waals surface area (Å²) in [6.45, 7) is 4.46. The number of hydrogen-bond acceptors (Lipinski definition) is 6. The van der Waals surface area contributed by atoms with E-state index in [4.69, 9.17) is 0 Å². The lowest BCUT2D eigenvalue weighted by Gasteiger charge is -2.06. The Labute approximate surface area is 179 Å². The van der Waals surface area contributed by atoms with Gasteiger partial charge in [-0.1, -0.05) is 45.9 Å². The van der Waals surface area contributed by atoms with Gasteiger partial charge in [0.05, 0.1) is 11.4 Å². The second-order valence-corrected chi connectivity index (χ2v) is 9.11. The smallest absolute Gasteiger partial charge is 0.236 e. The van der Waals surface area contributed by atoms with E-state index in [0.29, 0.717) is 17.6 Å². The van der Waals surface area contributed by atoms with Gasteiger partial charge in [-0.25, -0.2) is 4.98 Å². The molecule has 1 aromatic carbocycles. The zero-order valence-corrected chi connectivity index (χ0v) is 18.2. The first-order valence-electron chi connectivity index (χ1n) is 8.82. The molecular formula is C19H18BrN5OS2. The largest absolute Gasteiger partial charge is 0.302 e. The molecule has 0 bridgehead atoms. The number of carbonyl (C=O) groups excluding carboxylic acids is 1. The second-order valence-electron chi connectivity index (χ2n) is 6.40. The van der Waals surface area contributed by atoms with Crippen LogP contribution in [0.3, 0.4) is 0 Å². The van der Waals surface area contributed by atoms with Crippen molar-refractivity contribution in [2.75, 3.05) is 11.1 Å². The molecule has 4 rings (SSSR count). The van der Waals surface area contributed by atoms with Gasteiger partial charge in [-0.3, -0.25) is 4.79 Å². The van der Waals surface area contributed by atoms with Crippen LogP contribution in [0.15, 0.2) is 51.9 Å². The fraction of sp³-hybridized carbons (Fsp3) is 0.263. The van der Waals surface area contributed by atoms with E-state index < -0.39 is 0 Å². The summed E-state index contributed by atoms with van der Waals surface area (Å²) in [6, 6.07) is 7.92. The number of allylic oxidation sites excluding steroid dienone is 1. The van der Waals surface area contributed by atoms with Gasteiger partial charge < -0.3 is 9.88 Å². The minimum Gasteiger partial charge on any atom is -0.302 e. The Morgan fingerprint density at radius 2 is 2.14 bits per heavy atom. The third-order valence-electron chi connectivity index (χ3n) is 4.22. The molecule has 3 aromatic rings. The van der Waals surface area contributed by atoms with Gasteiger partial charge in [0.2, 0.25) is 5.91 Å². The van der Waals surface area contributed by atoms with E-state index in [0.717, 1.165) is 39.6 Å². The van der Waals surface area contributed by atoms with E-state index in [1.807, 2.05) is 35.7 Å². The molecule has 1 saturated carbocycles. The predicted octanol–water partition coefficient (Wildman–Crippen LogP) is 4.96. The molecule has 6 nitrogen and oxygen atoms in total. The predicted molar refractivity (Wildman–Crippen MR) is 117 cm³/mol. The van der Waals surface area contributed by atoms with Gasteiger partial charge in [-0.15, -0.1) is 28.1 Å². The SMILES string of the molecule is C=CCn1c(SCC(=O)Nc2nc(-c3ccc(Br)cc3)cs2)nnc1C1CC1. The standard InChI is InChI=1S/C19H18BrN5OS2/c1-2-9-25-17(13-3-4-13)23-24-19(25)28-11-16(26)22-18-21-15(10-27-18)12-5-7-14(20)8-6-12/h2,5-8,10,13H,1,3-4,9,11H2,(H,21,22,26). The monoisotopic (exact) mass is 475 g/mol. The highest BCUT2D eigenvalue weighted by Crippen LogP contribution is 2.40. The fourth-order valence-electron chi connectivity index (χ4n) is 2.72. The Bertz CT molecular complexity index is 994. The first-order chi connectivity index (χ1) is 13.6. The molecular weight excluding hydrogens is 458 g/mol. The third-order valence-corrected chi connectivity index (χ3v) is 6.48. The maximum Gasteiger partial charge on any atom is 0.236 e. The minimum atomic E-state index is -0.108. The number of aromatic nitrogens is 4. The normalized spacial score (nSPS) is 13.5. The van der Waals surface area contributed by atoms with Crippen molar-refractivity contribution in [2.45, 2.75) is 30.5 Å². The van der Waals surface area contributed by atoms with Gasteiger partial charge in [0.1, 0.15) is 5.82 Å². The Kier molecular flexibility index (Phi) is 5.93. The molecule has 1 aliphatic rings. The summed E-state index contributed by atoms with van der Waals surface area (Å²) >= 11 is 6.23. The lowest BCUT2D eigenvalue weighted by molar-refractivity contribution is -0.113. The molecule has 0 atom stereocenters. The van der Waals surface area contributed by atoms with E-state index in [1.165, 1.54) is 23.1 Å². The van der Waals surface area contributed by atoms with E-state index in [-0.39, 0.29) is 11.7 Å². The molecule has 28 heavy (non-hydrogen) atoms. The van der Waals surface area contributed by atoms with Crippen LogP contribution in [0, 0.1) is 0 Å². The quantitative estimate of drug-likeness (QED) is 0.368. The first kappa shape index (κ1) is 19.4. The second kappa shape index (κ2) is 8.59. The zero-order chi connectivity index (χ0) is 19.5. The third kappa shape index (κ3) is 4.53. The van der Waals surface area contributed by atoms with Gasteiger partial charge >= 0.3 is 0 Å². The molecule has 0 saturated heterocycles. The summed E-state index contributed by atoms with van der Waals surface area (Å²) in [5.74, 6) is 1.65. The van der Waals surface area contributed by atoms with E-state index in [2.05, 4.69) is 47.6 Å². The molecule has 1 fully saturated rings. The molecule has 0 spiro atoms. The number of hydrogen-bond donors (Lipinski definition) is 1. The average Bonchev–Trinajstić information content (AvgIpc) is 3.30. The zero-order valence-electron chi connectivity index (χ0n) is 15.0. The van der Waals surface area contributed by atoms with E-state index in [9.17, 15) is 4.79 Å². The summed E-state index contributed by atoms with van der Waals surface area (Å²) in [6.07, 6.45) is 4.15. The molecule has 0 radical (unpaired) electrons. The van der Waals surface area contributed by atoms with Gasteiger partial charge in [0.25, 0.3) is 0 Å². The average molecular weight is 476 g/mol. The van der Waals surface area contributed by atoms with E-state index in [1.54, 1.807) is 0 Å². The number of benzene rings is 1. The summed E-state index contributed by atoms with van der Waals surface area (Å²) in [5.41, 5.74) is 1.86. The molecule has 2 aromatic heterocycles. The number of carbonyl (C=O) groups is 1. The van der Waals surface area contributed by atoms with Crippen LogP contribution in [-0.4, -0.2) is 31.4 Å². The van der Waals surface area contributed by atoms with Crippen LogP contribution < -0.4 is 5.32 Å². The van der Waals surface area contributed by atoms with Crippen LogP contribution in [0.2, 0.25) is 0 Å². The molecule has 0 unspecified atom stereocenters. The molecule has 1 aliphatic carbocycles. The van der Waals surface area contributed by atoms with Crippen molar-refractivity contribution in [2.24, 2.45) is 0 Å².